The largest absolute Gasteiger partial charge is 0.412 e. The highest BCUT2D eigenvalue weighted by Gasteiger charge is 2.21. The van der Waals surface area contributed by atoms with Crippen LogP contribution < -0.4 is 0 Å². The number of carbonyl (C=O) groups is 2. The molecule has 8 aromatic rings. The first-order valence-electron chi connectivity index (χ1n) is 15.2. The van der Waals surface area contributed by atoms with Crippen LogP contribution in [0.4, 0.5) is 13.2 Å². The second-order valence-corrected chi connectivity index (χ2v) is 13.7. The number of benzene rings is 5. The zero-order chi connectivity index (χ0) is 38.4. The quantitative estimate of drug-likeness (QED) is 0.166. The van der Waals surface area contributed by atoms with Crippen LogP contribution in [0.2, 0.25) is 10.0 Å². The molecule has 0 radical (unpaired) electrons. The fraction of sp³-hybridized carbons (Fsp3) is 0.0541. The van der Waals surface area contributed by atoms with Crippen LogP contribution in [0.25, 0.3) is 32.7 Å². The van der Waals surface area contributed by atoms with Gasteiger partial charge in [-0.2, -0.15) is 20.0 Å². The minimum Gasteiger partial charge on any atom is -0.412 e. The number of rotatable bonds is 2. The van der Waals surface area contributed by atoms with E-state index in [1.165, 1.54) is 30.5 Å². The topological polar surface area (TPSA) is 141 Å². The molecule has 4 N–H and O–H groups in total. The molecule has 0 saturated carbocycles. The van der Waals surface area contributed by atoms with Crippen LogP contribution in [-0.4, -0.2) is 46.8 Å². The van der Waals surface area contributed by atoms with E-state index in [1.54, 1.807) is 80.6 Å². The molecule has 0 saturated heterocycles. The third-order valence-corrected chi connectivity index (χ3v) is 9.53. The standard InChI is InChI=1S/C15H9BrClFN2O.C8H6Cl2O.C7H4BrFN2.C7H5FN2.H2O/c1-8-4-2-5-9(17)12(8)15(21)20-11-7-3-6-10(18)13(11)14(16)19-20;1-5-3-2-4-6(9)7(5)8(10)11;8-7-6-4(9)2-1-3-5(6)10-11-7;8-6-2-1-3-7-5(6)4-9-10-7;/h2-7H,1H3;2-4H,1H3;1-3H,(H,10,11);1-4H,(H,9,10);1H2. The number of aromatic amines is 2. The lowest BCUT2D eigenvalue weighted by molar-refractivity contribution is 0.0949. The van der Waals surface area contributed by atoms with Crippen molar-refractivity contribution < 1.29 is 28.2 Å². The van der Waals surface area contributed by atoms with Crippen molar-refractivity contribution in [1.82, 2.24) is 30.2 Å². The van der Waals surface area contributed by atoms with E-state index in [4.69, 9.17) is 34.8 Å². The molecule has 54 heavy (non-hydrogen) atoms. The van der Waals surface area contributed by atoms with Gasteiger partial charge >= 0.3 is 0 Å². The molecule has 0 spiro atoms. The Morgan fingerprint density at radius 3 is 1.85 bits per heavy atom. The van der Waals surface area contributed by atoms with Crippen LogP contribution in [0, 0.1) is 31.3 Å². The van der Waals surface area contributed by atoms with E-state index in [1.807, 2.05) is 0 Å². The number of aromatic nitrogens is 6. The van der Waals surface area contributed by atoms with E-state index in [0.717, 1.165) is 21.3 Å². The van der Waals surface area contributed by atoms with Gasteiger partial charge in [-0.25, -0.2) is 13.2 Å². The van der Waals surface area contributed by atoms with Crippen molar-refractivity contribution in [1.29, 1.82) is 0 Å². The van der Waals surface area contributed by atoms with E-state index < -0.39 is 11.1 Å². The third-order valence-electron chi connectivity index (χ3n) is 7.58. The summed E-state index contributed by atoms with van der Waals surface area (Å²) in [4.78, 5) is 23.5. The summed E-state index contributed by atoms with van der Waals surface area (Å²) in [7, 11) is 0. The van der Waals surface area contributed by atoms with Crippen molar-refractivity contribution in [2.24, 2.45) is 0 Å². The fourth-order valence-corrected chi connectivity index (χ4v) is 6.99. The maximum absolute atomic E-state index is 13.9. The first kappa shape index (κ1) is 42.2. The van der Waals surface area contributed by atoms with Crippen LogP contribution in [-0.2, 0) is 0 Å². The second kappa shape index (κ2) is 18.7. The lowest BCUT2D eigenvalue weighted by Gasteiger charge is -2.07. The van der Waals surface area contributed by atoms with Gasteiger partial charge in [0.05, 0.1) is 60.1 Å². The average Bonchev–Trinajstić information content (AvgIpc) is 3.84. The summed E-state index contributed by atoms with van der Waals surface area (Å²) in [5.74, 6) is -1.32. The molecule has 0 aliphatic carbocycles. The Balaban J connectivity index is 0.000000169. The van der Waals surface area contributed by atoms with Gasteiger partial charge < -0.3 is 5.48 Å². The molecule has 0 aliphatic heterocycles. The van der Waals surface area contributed by atoms with Gasteiger partial charge in [-0.1, -0.05) is 65.7 Å². The number of carbonyl (C=O) groups excluding carboxylic acids is 2. The van der Waals surface area contributed by atoms with Crippen LogP contribution in [0.5, 0.6) is 0 Å². The van der Waals surface area contributed by atoms with E-state index in [2.05, 4.69) is 57.4 Å². The SMILES string of the molecule is Cc1cccc(Cl)c1C(=O)Cl.Cc1cccc(Cl)c1C(=O)n1nc(Br)c2c(F)cccc21.Fc1cccc2[nH]ncc12.Fc1cccc2n[nH]c(Br)c12.O. The number of halogens is 8. The van der Waals surface area contributed by atoms with E-state index >= 15 is 0 Å². The molecule has 8 rings (SSSR count). The van der Waals surface area contributed by atoms with Gasteiger partial charge in [-0.15, -0.1) is 0 Å². The number of fused-ring (bicyclic) bond motifs is 3. The Bertz CT molecular complexity index is 2580. The monoisotopic (exact) mass is 922 g/mol. The molecule has 0 amide bonds. The summed E-state index contributed by atoms with van der Waals surface area (Å²) in [6.07, 6.45) is 1.48. The summed E-state index contributed by atoms with van der Waals surface area (Å²) >= 11 is 23.5. The Kier molecular flexibility index (Phi) is 14.6. The van der Waals surface area contributed by atoms with E-state index in [0.29, 0.717) is 47.6 Å². The third kappa shape index (κ3) is 9.38. The lowest BCUT2D eigenvalue weighted by atomic mass is 10.1. The van der Waals surface area contributed by atoms with Crippen LogP contribution >= 0.6 is 66.7 Å². The van der Waals surface area contributed by atoms with E-state index in [-0.39, 0.29) is 33.0 Å². The van der Waals surface area contributed by atoms with Gasteiger partial charge in [-0.3, -0.25) is 19.8 Å². The number of H-pyrrole nitrogens is 2. The molecule has 17 heteroatoms. The molecule has 0 bridgehead atoms. The summed E-state index contributed by atoms with van der Waals surface area (Å²) in [5, 5.41) is 18.5. The van der Waals surface area contributed by atoms with Gasteiger partial charge in [0.25, 0.3) is 11.1 Å². The molecule has 0 unspecified atom stereocenters. The molecular formula is C37H26Br2Cl3F3N6O3. The normalized spacial score (nSPS) is 10.4. The highest BCUT2D eigenvalue weighted by atomic mass is 79.9. The summed E-state index contributed by atoms with van der Waals surface area (Å²) in [6.45, 7) is 3.59. The zero-order valence-electron chi connectivity index (χ0n) is 27.9. The fourth-order valence-electron chi connectivity index (χ4n) is 5.05. The number of hydrogen-bond acceptors (Lipinski definition) is 5. The Morgan fingerprint density at radius 1 is 0.722 bits per heavy atom. The Morgan fingerprint density at radius 2 is 1.28 bits per heavy atom. The van der Waals surface area contributed by atoms with Gasteiger partial charge in [0.15, 0.2) is 0 Å². The molecule has 3 heterocycles. The van der Waals surface area contributed by atoms with Crippen molar-refractivity contribution in [3.05, 3.63) is 156 Å². The minimum atomic E-state index is -0.506. The average molecular weight is 926 g/mol. The molecule has 3 aromatic heterocycles. The molecule has 9 nitrogen and oxygen atoms in total. The molecule has 5 aromatic carbocycles. The Hall–Kier alpha value is -4.57. The predicted octanol–water partition coefficient (Wildman–Crippen LogP) is 11.0. The van der Waals surface area contributed by atoms with Gasteiger partial charge in [0.1, 0.15) is 26.7 Å². The summed E-state index contributed by atoms with van der Waals surface area (Å²) in [5.41, 5.74) is 4.07. The number of nitrogens with one attached hydrogen (secondary N) is 2. The summed E-state index contributed by atoms with van der Waals surface area (Å²) < 4.78 is 41.7. The second-order valence-electron chi connectivity index (χ2n) is 11.0. The molecule has 0 aliphatic rings. The number of aryl methyl sites for hydroxylation is 2. The lowest BCUT2D eigenvalue weighted by Crippen LogP contribution is -2.15. The highest BCUT2D eigenvalue weighted by Crippen LogP contribution is 2.29. The van der Waals surface area contributed by atoms with Crippen molar-refractivity contribution in [3.63, 3.8) is 0 Å². The minimum absolute atomic E-state index is 0. The molecule has 0 fully saturated rings. The maximum atomic E-state index is 13.9. The van der Waals surface area contributed by atoms with Crippen molar-refractivity contribution in [2.75, 3.05) is 0 Å². The predicted molar refractivity (Wildman–Crippen MR) is 213 cm³/mol. The van der Waals surface area contributed by atoms with Crippen LogP contribution in [0.1, 0.15) is 31.8 Å². The molecule has 0 atom stereocenters. The van der Waals surface area contributed by atoms with Crippen LogP contribution in [0.3, 0.4) is 0 Å². The highest BCUT2D eigenvalue weighted by molar-refractivity contribution is 9.10. The van der Waals surface area contributed by atoms with Crippen LogP contribution in [0.15, 0.2) is 106 Å². The number of hydrogen-bond donors (Lipinski definition) is 2. The van der Waals surface area contributed by atoms with Crippen molar-refractivity contribution in [2.45, 2.75) is 13.8 Å². The smallest absolute Gasteiger partial charge is 0.280 e. The van der Waals surface area contributed by atoms with Gasteiger partial charge in [-0.05, 0) is 117 Å². The first-order valence-corrected chi connectivity index (χ1v) is 17.9. The molecular weight excluding hydrogens is 900 g/mol. The van der Waals surface area contributed by atoms with Crippen molar-refractivity contribution in [3.8, 4) is 0 Å². The first-order chi connectivity index (χ1) is 25.3. The summed E-state index contributed by atoms with van der Waals surface area (Å²) in [6, 6.07) is 24.5. The van der Waals surface area contributed by atoms with Gasteiger partial charge in [0, 0.05) is 0 Å². The maximum Gasteiger partial charge on any atom is 0.280 e. The van der Waals surface area contributed by atoms with E-state index in [9.17, 15) is 22.8 Å². The molecule has 278 valence electrons. The van der Waals surface area contributed by atoms with Crippen molar-refractivity contribution >= 4 is 111 Å². The number of nitrogens with zero attached hydrogens (tertiary/aromatic N) is 4. The van der Waals surface area contributed by atoms with Gasteiger partial charge in [0.2, 0.25) is 0 Å². The Labute approximate surface area is 337 Å². The zero-order valence-corrected chi connectivity index (χ0v) is 33.3.